The SMILES string of the molecule is O=C(c1cc(-c2ccncc2)nc2ccccc12)N1CCC(Cc2ccccc2)CC1. The summed E-state index contributed by atoms with van der Waals surface area (Å²) in [6.45, 7) is 1.61. The molecule has 0 radical (unpaired) electrons. The van der Waals surface area contributed by atoms with Gasteiger partial charge >= 0.3 is 0 Å². The lowest BCUT2D eigenvalue weighted by Crippen LogP contribution is -2.39. The van der Waals surface area contributed by atoms with Crippen LogP contribution < -0.4 is 0 Å². The van der Waals surface area contributed by atoms with Crippen molar-refractivity contribution in [1.82, 2.24) is 14.9 Å². The maximum Gasteiger partial charge on any atom is 0.254 e. The summed E-state index contributed by atoms with van der Waals surface area (Å²) >= 11 is 0. The first-order valence-corrected chi connectivity index (χ1v) is 10.9. The van der Waals surface area contributed by atoms with Gasteiger partial charge in [-0.2, -0.15) is 0 Å². The van der Waals surface area contributed by atoms with Crippen LogP contribution in [0.2, 0.25) is 0 Å². The average molecular weight is 408 g/mol. The molecule has 0 unspecified atom stereocenters. The second-order valence-corrected chi connectivity index (χ2v) is 8.23. The number of nitrogens with zero attached hydrogens (tertiary/aromatic N) is 3. The van der Waals surface area contributed by atoms with Gasteiger partial charge < -0.3 is 4.90 Å². The molecule has 4 heteroatoms. The van der Waals surface area contributed by atoms with Crippen molar-refractivity contribution < 1.29 is 4.79 Å². The molecular weight excluding hydrogens is 382 g/mol. The zero-order valence-electron chi connectivity index (χ0n) is 17.4. The van der Waals surface area contributed by atoms with Gasteiger partial charge in [0, 0.05) is 36.4 Å². The van der Waals surface area contributed by atoms with E-state index < -0.39 is 0 Å². The number of benzene rings is 2. The fourth-order valence-electron chi connectivity index (χ4n) is 4.48. The van der Waals surface area contributed by atoms with Crippen molar-refractivity contribution in [2.75, 3.05) is 13.1 Å². The smallest absolute Gasteiger partial charge is 0.254 e. The molecule has 5 rings (SSSR count). The Balaban J connectivity index is 1.38. The highest BCUT2D eigenvalue weighted by atomic mass is 16.2. The lowest BCUT2D eigenvalue weighted by Gasteiger charge is -2.32. The van der Waals surface area contributed by atoms with E-state index in [9.17, 15) is 4.79 Å². The average Bonchev–Trinajstić information content (AvgIpc) is 2.84. The summed E-state index contributed by atoms with van der Waals surface area (Å²) in [7, 11) is 0. The molecule has 4 aromatic rings. The Morgan fingerprint density at radius 3 is 2.39 bits per heavy atom. The summed E-state index contributed by atoms with van der Waals surface area (Å²) in [5.41, 5.74) is 4.74. The third-order valence-corrected chi connectivity index (χ3v) is 6.19. The summed E-state index contributed by atoms with van der Waals surface area (Å²) in [6.07, 6.45) is 6.69. The van der Waals surface area contributed by atoms with E-state index in [0.29, 0.717) is 5.92 Å². The molecule has 1 fully saturated rings. The Bertz CT molecular complexity index is 1180. The minimum absolute atomic E-state index is 0.104. The Morgan fingerprint density at radius 1 is 0.903 bits per heavy atom. The summed E-state index contributed by atoms with van der Waals surface area (Å²) in [5, 5.41) is 0.914. The van der Waals surface area contributed by atoms with Crippen molar-refractivity contribution in [3.8, 4) is 11.3 Å². The zero-order valence-corrected chi connectivity index (χ0v) is 17.4. The molecule has 0 bridgehead atoms. The normalized spacial score (nSPS) is 14.6. The van der Waals surface area contributed by atoms with E-state index >= 15 is 0 Å². The van der Waals surface area contributed by atoms with Gasteiger partial charge in [0.1, 0.15) is 0 Å². The lowest BCUT2D eigenvalue weighted by molar-refractivity contribution is 0.0692. The Kier molecular flexibility index (Phi) is 5.44. The number of aromatic nitrogens is 2. The van der Waals surface area contributed by atoms with Crippen LogP contribution in [0.5, 0.6) is 0 Å². The van der Waals surface area contributed by atoms with E-state index in [2.05, 4.69) is 35.3 Å². The highest BCUT2D eigenvalue weighted by molar-refractivity contribution is 6.07. The zero-order chi connectivity index (χ0) is 21.0. The summed E-state index contributed by atoms with van der Waals surface area (Å²) < 4.78 is 0. The monoisotopic (exact) mass is 407 g/mol. The van der Waals surface area contributed by atoms with E-state index in [1.807, 2.05) is 47.4 Å². The van der Waals surface area contributed by atoms with E-state index in [0.717, 1.165) is 60.1 Å². The molecule has 154 valence electrons. The molecule has 0 spiro atoms. The van der Waals surface area contributed by atoms with Crippen LogP contribution in [-0.4, -0.2) is 33.9 Å². The third kappa shape index (κ3) is 4.19. The molecule has 0 N–H and O–H groups in total. The Morgan fingerprint density at radius 2 is 1.61 bits per heavy atom. The van der Waals surface area contributed by atoms with Gasteiger partial charge in [0.2, 0.25) is 0 Å². The topological polar surface area (TPSA) is 46.1 Å². The minimum Gasteiger partial charge on any atom is -0.339 e. The third-order valence-electron chi connectivity index (χ3n) is 6.19. The number of pyridine rings is 2. The van der Waals surface area contributed by atoms with E-state index in [1.165, 1.54) is 5.56 Å². The second-order valence-electron chi connectivity index (χ2n) is 8.23. The summed E-state index contributed by atoms with van der Waals surface area (Å²) in [4.78, 5) is 24.5. The van der Waals surface area contributed by atoms with Gasteiger partial charge in [0.05, 0.1) is 16.8 Å². The molecule has 3 heterocycles. The first-order chi connectivity index (χ1) is 15.3. The number of carbonyl (C=O) groups is 1. The maximum absolute atomic E-state index is 13.5. The number of rotatable bonds is 4. The van der Waals surface area contributed by atoms with Crippen LogP contribution in [0, 0.1) is 5.92 Å². The molecule has 1 aliphatic heterocycles. The predicted molar refractivity (Wildman–Crippen MR) is 124 cm³/mol. The number of piperidine rings is 1. The molecule has 4 nitrogen and oxygen atoms in total. The first kappa shape index (κ1) is 19.4. The molecule has 1 amide bonds. The molecule has 1 saturated heterocycles. The van der Waals surface area contributed by atoms with Gasteiger partial charge in [-0.25, -0.2) is 4.98 Å². The fraction of sp³-hybridized carbons (Fsp3) is 0.222. The van der Waals surface area contributed by atoms with Crippen molar-refractivity contribution in [3.05, 3.63) is 96.3 Å². The minimum atomic E-state index is 0.104. The van der Waals surface area contributed by atoms with E-state index in [-0.39, 0.29) is 5.91 Å². The van der Waals surface area contributed by atoms with Gasteiger partial charge in [0.15, 0.2) is 0 Å². The molecule has 1 aliphatic rings. The van der Waals surface area contributed by atoms with Gasteiger partial charge in [-0.1, -0.05) is 48.5 Å². The van der Waals surface area contributed by atoms with Crippen LogP contribution in [0.3, 0.4) is 0 Å². The number of fused-ring (bicyclic) bond motifs is 1. The molecule has 2 aromatic carbocycles. The molecule has 0 saturated carbocycles. The highest BCUT2D eigenvalue weighted by Gasteiger charge is 2.25. The lowest BCUT2D eigenvalue weighted by atomic mass is 9.90. The first-order valence-electron chi connectivity index (χ1n) is 10.9. The molecular formula is C27H25N3O. The Labute approximate surface area is 182 Å². The van der Waals surface area contributed by atoms with Crippen LogP contribution >= 0.6 is 0 Å². The summed E-state index contributed by atoms with van der Waals surface area (Å²) in [5.74, 6) is 0.736. The molecule has 2 aromatic heterocycles. The van der Waals surface area contributed by atoms with Crippen LogP contribution in [0.4, 0.5) is 0 Å². The van der Waals surface area contributed by atoms with Crippen molar-refractivity contribution in [3.63, 3.8) is 0 Å². The molecule has 0 atom stereocenters. The van der Waals surface area contributed by atoms with Crippen LogP contribution in [0.15, 0.2) is 85.2 Å². The van der Waals surface area contributed by atoms with Crippen LogP contribution in [0.25, 0.3) is 22.2 Å². The number of amides is 1. The van der Waals surface area contributed by atoms with Crippen molar-refractivity contribution in [2.24, 2.45) is 5.92 Å². The second kappa shape index (κ2) is 8.68. The predicted octanol–water partition coefficient (Wildman–Crippen LogP) is 5.39. The standard InChI is InChI=1S/C27H25N3O/c31-27(30-16-12-21(13-17-30)18-20-6-2-1-3-7-20)24-19-26(22-10-14-28-15-11-22)29-25-9-5-4-8-23(24)25/h1-11,14-15,19,21H,12-13,16-18H2. The summed E-state index contributed by atoms with van der Waals surface area (Å²) in [6, 6.07) is 24.4. The van der Waals surface area contributed by atoms with Gasteiger partial charge in [0.25, 0.3) is 5.91 Å². The largest absolute Gasteiger partial charge is 0.339 e. The van der Waals surface area contributed by atoms with Gasteiger partial charge in [-0.15, -0.1) is 0 Å². The van der Waals surface area contributed by atoms with Crippen LogP contribution in [-0.2, 0) is 6.42 Å². The maximum atomic E-state index is 13.5. The fourth-order valence-corrected chi connectivity index (χ4v) is 4.48. The number of hydrogen-bond acceptors (Lipinski definition) is 3. The quantitative estimate of drug-likeness (QED) is 0.455. The van der Waals surface area contributed by atoms with Crippen molar-refractivity contribution in [1.29, 1.82) is 0 Å². The Hall–Kier alpha value is -3.53. The van der Waals surface area contributed by atoms with Crippen molar-refractivity contribution in [2.45, 2.75) is 19.3 Å². The van der Waals surface area contributed by atoms with E-state index in [1.54, 1.807) is 12.4 Å². The van der Waals surface area contributed by atoms with Crippen LogP contribution in [0.1, 0.15) is 28.8 Å². The van der Waals surface area contributed by atoms with Gasteiger partial charge in [-0.05, 0) is 55.0 Å². The number of hydrogen-bond donors (Lipinski definition) is 0. The number of likely N-dealkylation sites (tertiary alicyclic amines) is 1. The number of carbonyl (C=O) groups excluding carboxylic acids is 1. The van der Waals surface area contributed by atoms with E-state index in [4.69, 9.17) is 4.98 Å². The van der Waals surface area contributed by atoms with Crippen molar-refractivity contribution >= 4 is 16.8 Å². The highest BCUT2D eigenvalue weighted by Crippen LogP contribution is 2.28. The molecule has 0 aliphatic carbocycles. The molecule has 31 heavy (non-hydrogen) atoms. The van der Waals surface area contributed by atoms with Gasteiger partial charge in [-0.3, -0.25) is 9.78 Å². The number of para-hydroxylation sites is 1.